The molecule has 15 unspecified atom stereocenters. The fourth-order valence-electron chi connectivity index (χ4n) is 17.8. The fourth-order valence-corrected chi connectivity index (χ4v) is 19.0. The van der Waals surface area contributed by atoms with Crippen molar-refractivity contribution in [3.8, 4) is 0 Å². The van der Waals surface area contributed by atoms with E-state index in [-0.39, 0.29) is 25.0 Å². The first-order valence-corrected chi connectivity index (χ1v) is 35.0. The molecule has 31 heteroatoms. The van der Waals surface area contributed by atoms with E-state index in [1.54, 1.807) is 6.92 Å². The first-order chi connectivity index (χ1) is 47.9. The minimum absolute atomic E-state index is 0.0644. The number of hydrogen-bond acceptors (Lipinski definition) is 30. The van der Waals surface area contributed by atoms with Gasteiger partial charge in [-0.1, -0.05) is 13.8 Å². The number of carbonyl (C=O) groups excluding carboxylic acids is 14. The summed E-state index contributed by atoms with van der Waals surface area (Å²) in [5, 5.41) is 8.70. The summed E-state index contributed by atoms with van der Waals surface area (Å²) in [5.41, 5.74) is -25.3. The maximum atomic E-state index is 14.9. The molecule has 0 rings (SSSR count). The summed E-state index contributed by atoms with van der Waals surface area (Å²) >= 11 is 1.13. The van der Waals surface area contributed by atoms with E-state index in [0.717, 1.165) is 111 Å². The molecule has 602 valence electrons. The highest BCUT2D eigenvalue weighted by atomic mass is 32.2. The number of rotatable bonds is 45. The zero-order valence-electron chi connectivity index (χ0n) is 67.5. The summed E-state index contributed by atoms with van der Waals surface area (Å²) in [6, 6.07) is 0. The van der Waals surface area contributed by atoms with Gasteiger partial charge >= 0.3 is 89.5 Å². The molecule has 0 fully saturated rings. The third-order valence-corrected chi connectivity index (χ3v) is 22.5. The van der Waals surface area contributed by atoms with Crippen LogP contribution in [-0.4, -0.2) is 205 Å². The summed E-state index contributed by atoms with van der Waals surface area (Å²) in [4.78, 5) is 213. The molecule has 0 aliphatic rings. The monoisotopic (exact) mass is 1520 g/mol. The number of hydrogen-bond donors (Lipinski definition) is 1. The molecule has 105 heavy (non-hydrogen) atoms. The molecule has 1 N–H and O–H groups in total. The summed E-state index contributed by atoms with van der Waals surface area (Å²) in [6.07, 6.45) is -7.50. The van der Waals surface area contributed by atoms with Crippen molar-refractivity contribution in [2.75, 3.05) is 105 Å². The van der Waals surface area contributed by atoms with Gasteiger partial charge < -0.3 is 71.4 Å². The van der Waals surface area contributed by atoms with Gasteiger partial charge in [0.15, 0.2) is 0 Å². The quantitative estimate of drug-likeness (QED) is 0.0439. The molecule has 0 aromatic heterocycles. The molecule has 0 aliphatic carbocycles. The molecule has 0 heterocycles. The number of carbonyl (C=O) groups is 15. The van der Waals surface area contributed by atoms with Crippen molar-refractivity contribution in [1.82, 2.24) is 0 Å². The second-order valence-corrected chi connectivity index (χ2v) is 33.4. The van der Waals surface area contributed by atoms with Crippen LogP contribution in [0, 0.1) is 76.3 Å². The lowest BCUT2D eigenvalue weighted by Gasteiger charge is -2.47. The standard InChI is InChI=1S/C74H120O30S/c1-45(48(77)91-16)32-62(3,49(78)92-17)33-63(4,50(79)93-18)34-64(5,51(80)94-19)35-65(6,52(81)95-20)36-66(7,53(82)96-21)37-67(8,54(83)97-22)38-68(9,55(84)98-23)39-69(10,56(85)99-24)40-70(11,57(86)100-25)41-71(12,58(87)101-26)42-72(13,59(88)102-27)43-73(14,60(89)103-28)44-74(15,61(90)104-29)46(2)105-31-30-47(75)76/h45-46H,30-44H2,1-29H3,(H,75,76). The zero-order chi connectivity index (χ0) is 82.5. The van der Waals surface area contributed by atoms with Crippen LogP contribution in [0.2, 0.25) is 0 Å². The van der Waals surface area contributed by atoms with Crippen LogP contribution in [0.5, 0.6) is 0 Å². The molecule has 30 nitrogen and oxygen atoms in total. The van der Waals surface area contributed by atoms with Crippen LogP contribution in [0.1, 0.15) is 194 Å². The molecule has 0 amide bonds. The Labute approximate surface area is 622 Å². The molecular formula is C74H120O30S. The van der Waals surface area contributed by atoms with E-state index in [1.165, 1.54) is 96.9 Å². The lowest BCUT2D eigenvalue weighted by molar-refractivity contribution is -0.175. The van der Waals surface area contributed by atoms with Gasteiger partial charge in [0, 0.05) is 11.0 Å². The molecule has 0 radical (unpaired) electrons. The van der Waals surface area contributed by atoms with Crippen LogP contribution in [0.3, 0.4) is 0 Å². The van der Waals surface area contributed by atoms with Crippen molar-refractivity contribution in [3.05, 3.63) is 0 Å². The van der Waals surface area contributed by atoms with Crippen LogP contribution < -0.4 is 0 Å². The number of methoxy groups -OCH3 is 14. The Morgan fingerprint density at radius 1 is 0.257 bits per heavy atom. The Hall–Kier alpha value is -7.60. The summed E-state index contributed by atoms with van der Waals surface area (Å²) < 4.78 is 75.0. The highest BCUT2D eigenvalue weighted by molar-refractivity contribution is 7.99. The first kappa shape index (κ1) is 97.4. The third kappa shape index (κ3) is 23.4. The third-order valence-electron chi connectivity index (χ3n) is 21.1. The van der Waals surface area contributed by atoms with Gasteiger partial charge in [-0.3, -0.25) is 71.9 Å². The molecular weight excluding hydrogens is 1400 g/mol. The second-order valence-electron chi connectivity index (χ2n) is 31.9. The minimum atomic E-state index is -2.10. The maximum absolute atomic E-state index is 14.9. The predicted molar refractivity (Wildman–Crippen MR) is 377 cm³/mol. The number of aliphatic carboxylic acids is 1. The largest absolute Gasteiger partial charge is 0.481 e. The normalized spacial score (nSPS) is 19.5. The number of esters is 14. The van der Waals surface area contributed by atoms with Crippen molar-refractivity contribution < 1.29 is 143 Å². The molecule has 0 aromatic carbocycles. The molecule has 0 spiro atoms. The van der Waals surface area contributed by atoms with Crippen LogP contribution in [-0.2, 0) is 138 Å². The zero-order valence-corrected chi connectivity index (χ0v) is 68.3. The summed E-state index contributed by atoms with van der Waals surface area (Å²) in [5.74, 6) is -15.3. The van der Waals surface area contributed by atoms with E-state index >= 15 is 0 Å². The van der Waals surface area contributed by atoms with E-state index in [2.05, 4.69) is 0 Å². The van der Waals surface area contributed by atoms with E-state index in [1.807, 2.05) is 0 Å². The van der Waals surface area contributed by atoms with Crippen LogP contribution in [0.15, 0.2) is 0 Å². The van der Waals surface area contributed by atoms with E-state index < -0.39 is 242 Å². The second kappa shape index (κ2) is 38.3. The molecule has 0 aromatic rings. The number of ether oxygens (including phenoxy) is 14. The summed E-state index contributed by atoms with van der Waals surface area (Å²) in [6.45, 7) is 21.2. The van der Waals surface area contributed by atoms with E-state index in [0.29, 0.717) is 0 Å². The number of thioether (sulfide) groups is 1. The van der Waals surface area contributed by atoms with Gasteiger partial charge in [-0.25, -0.2) is 0 Å². The van der Waals surface area contributed by atoms with Crippen molar-refractivity contribution >= 4 is 101 Å². The highest BCUT2D eigenvalue weighted by Gasteiger charge is 2.63. The van der Waals surface area contributed by atoms with Crippen molar-refractivity contribution in [2.45, 2.75) is 199 Å². The highest BCUT2D eigenvalue weighted by Crippen LogP contribution is 2.59. The minimum Gasteiger partial charge on any atom is -0.481 e. The molecule has 0 bridgehead atoms. The molecule has 0 saturated carbocycles. The SMILES string of the molecule is COC(=O)C(C)CC(C)(CC(C)(CC(C)(CC(C)(CC(C)(CC(C)(CC(C)(CC(C)(CC(C)(CC(C)(CC(C)(CC(C)(CC(C)(C(=O)OC)C(C)SCCC(=O)O)C(=O)OC)C(=O)OC)C(=O)OC)C(=O)OC)C(=O)OC)C(=O)OC)C(=O)OC)C(=O)OC)C(=O)OC)C(=O)OC)C(=O)OC)C(=O)OC. The van der Waals surface area contributed by atoms with Gasteiger partial charge in [0.05, 0.1) is 182 Å². The lowest BCUT2D eigenvalue weighted by Crippen LogP contribution is -2.52. The van der Waals surface area contributed by atoms with Crippen molar-refractivity contribution in [1.29, 1.82) is 0 Å². The maximum Gasteiger partial charge on any atom is 0.312 e. The Balaban J connectivity index is 8.87. The van der Waals surface area contributed by atoms with Gasteiger partial charge in [0.1, 0.15) is 0 Å². The van der Waals surface area contributed by atoms with E-state index in [4.69, 9.17) is 66.3 Å². The predicted octanol–water partition coefficient (Wildman–Crippen LogP) is 8.79. The Morgan fingerprint density at radius 3 is 0.581 bits per heavy atom. The summed E-state index contributed by atoms with van der Waals surface area (Å²) in [7, 11) is 14.9. The van der Waals surface area contributed by atoms with Gasteiger partial charge in [-0.05, 0) is 173 Å². The Bertz CT molecular complexity index is 3170. The Kier molecular flexibility index (Phi) is 35.5. The van der Waals surface area contributed by atoms with Gasteiger partial charge in [0.2, 0.25) is 0 Å². The average Bonchev–Trinajstić information content (AvgIpc) is 0.759. The van der Waals surface area contributed by atoms with Crippen molar-refractivity contribution in [3.63, 3.8) is 0 Å². The molecule has 15 atom stereocenters. The molecule has 0 saturated heterocycles. The van der Waals surface area contributed by atoms with E-state index in [9.17, 15) is 77.0 Å². The van der Waals surface area contributed by atoms with Gasteiger partial charge in [0.25, 0.3) is 0 Å². The number of carboxylic acids is 1. The first-order valence-electron chi connectivity index (χ1n) is 34.0. The van der Waals surface area contributed by atoms with Crippen LogP contribution >= 0.6 is 11.8 Å². The van der Waals surface area contributed by atoms with Crippen LogP contribution in [0.4, 0.5) is 0 Å². The topological polar surface area (TPSA) is 406 Å². The molecule has 0 aliphatic heterocycles. The van der Waals surface area contributed by atoms with Gasteiger partial charge in [-0.2, -0.15) is 11.8 Å². The fraction of sp³-hybridized carbons (Fsp3) is 0.797. The number of carboxylic acid groups (broad SMARTS) is 1. The Morgan fingerprint density at radius 2 is 0.419 bits per heavy atom. The average molecular weight is 1520 g/mol. The van der Waals surface area contributed by atoms with Crippen molar-refractivity contribution in [2.24, 2.45) is 76.3 Å². The lowest BCUT2D eigenvalue weighted by atomic mass is 9.55. The smallest absolute Gasteiger partial charge is 0.312 e. The van der Waals surface area contributed by atoms with Crippen LogP contribution in [0.25, 0.3) is 0 Å². The van der Waals surface area contributed by atoms with Gasteiger partial charge in [-0.15, -0.1) is 0 Å².